The van der Waals surface area contributed by atoms with Crippen LogP contribution in [0, 0.1) is 11.2 Å². The summed E-state index contributed by atoms with van der Waals surface area (Å²) >= 11 is 12.0. The molecule has 0 aliphatic heterocycles. The number of halogens is 6. The van der Waals surface area contributed by atoms with Gasteiger partial charge in [0.1, 0.15) is 5.67 Å². The van der Waals surface area contributed by atoms with Crippen molar-refractivity contribution in [3.05, 3.63) is 27.5 Å². The van der Waals surface area contributed by atoms with E-state index < -0.39 is 40.7 Å². The molecule has 0 heterocycles. The van der Waals surface area contributed by atoms with E-state index >= 15 is 0 Å². The molecule has 0 saturated heterocycles. The number of phenolic OH excluding ortho intramolecular Hbond substituents is 1. The molecule has 184 valence electrons. The number of rotatable bonds is 5. The molecule has 2 unspecified atom stereocenters. The maximum absolute atomic E-state index is 14.5. The highest BCUT2D eigenvalue weighted by Crippen LogP contribution is 2.64. The third kappa shape index (κ3) is 5.19. The summed E-state index contributed by atoms with van der Waals surface area (Å²) in [5.74, 6) is -4.63. The molecular formula is C22H26Cl2F4N2O3. The Balaban J connectivity index is 0.000000235. The molecule has 33 heavy (non-hydrogen) atoms. The lowest BCUT2D eigenvalue weighted by molar-refractivity contribution is -0.122. The Labute approximate surface area is 199 Å². The van der Waals surface area contributed by atoms with Crippen LogP contribution < -0.4 is 10.6 Å². The van der Waals surface area contributed by atoms with Crippen molar-refractivity contribution in [2.24, 2.45) is 5.41 Å². The van der Waals surface area contributed by atoms with E-state index in [0.717, 1.165) is 6.07 Å². The van der Waals surface area contributed by atoms with Crippen LogP contribution in [0.5, 0.6) is 5.75 Å². The molecule has 3 aliphatic carbocycles. The number of aromatic hydroxyl groups is 1. The lowest BCUT2D eigenvalue weighted by Gasteiger charge is -2.36. The molecule has 1 aromatic rings. The van der Waals surface area contributed by atoms with Crippen molar-refractivity contribution in [2.45, 2.75) is 82.0 Å². The van der Waals surface area contributed by atoms with Gasteiger partial charge < -0.3 is 15.7 Å². The van der Waals surface area contributed by atoms with Gasteiger partial charge in [0.25, 0.3) is 5.92 Å². The Morgan fingerprint density at radius 2 is 1.85 bits per heavy atom. The normalized spacial score (nSPS) is 30.3. The summed E-state index contributed by atoms with van der Waals surface area (Å²) in [4.78, 5) is 21.5. The van der Waals surface area contributed by atoms with Crippen LogP contribution in [-0.2, 0) is 9.59 Å². The molecular weight excluding hydrogens is 487 g/mol. The average Bonchev–Trinajstić information content (AvgIpc) is 3.36. The highest BCUT2D eigenvalue weighted by Gasteiger charge is 2.59. The van der Waals surface area contributed by atoms with Crippen LogP contribution in [0.25, 0.3) is 0 Å². The lowest BCUT2D eigenvalue weighted by Crippen LogP contribution is -2.42. The molecule has 5 nitrogen and oxygen atoms in total. The molecule has 0 aromatic heterocycles. The van der Waals surface area contributed by atoms with Crippen molar-refractivity contribution in [3.63, 3.8) is 0 Å². The van der Waals surface area contributed by atoms with Crippen molar-refractivity contribution >= 4 is 35.5 Å². The summed E-state index contributed by atoms with van der Waals surface area (Å²) in [5, 5.41) is 14.4. The van der Waals surface area contributed by atoms with Gasteiger partial charge in [-0.3, -0.25) is 9.59 Å². The molecule has 3 aliphatic rings. The molecule has 1 aromatic carbocycles. The predicted molar refractivity (Wildman–Crippen MR) is 116 cm³/mol. The first-order valence-corrected chi connectivity index (χ1v) is 11.5. The number of nitrogens with one attached hydrogen (secondary N) is 2. The zero-order valence-electron chi connectivity index (χ0n) is 18.0. The third-order valence-electron chi connectivity index (χ3n) is 7.01. The monoisotopic (exact) mass is 512 g/mol. The quantitative estimate of drug-likeness (QED) is 0.272. The average molecular weight is 513 g/mol. The Bertz CT molecular complexity index is 897. The van der Waals surface area contributed by atoms with Crippen molar-refractivity contribution in [1.82, 2.24) is 10.6 Å². The van der Waals surface area contributed by atoms with E-state index in [9.17, 15) is 32.3 Å². The fourth-order valence-electron chi connectivity index (χ4n) is 5.42. The van der Waals surface area contributed by atoms with E-state index in [1.807, 2.05) is 0 Å². The molecule has 2 amide bonds. The maximum Gasteiger partial charge on any atom is 0.267 e. The molecule has 3 N–H and O–H groups in total. The second-order valence-electron chi connectivity index (χ2n) is 9.23. The van der Waals surface area contributed by atoms with E-state index in [-0.39, 0.29) is 34.4 Å². The van der Waals surface area contributed by atoms with Gasteiger partial charge in [-0.25, -0.2) is 17.6 Å². The minimum absolute atomic E-state index is 0.00725. The van der Waals surface area contributed by atoms with Gasteiger partial charge >= 0.3 is 0 Å². The summed E-state index contributed by atoms with van der Waals surface area (Å²) in [7, 11) is 0. The van der Waals surface area contributed by atoms with Gasteiger partial charge in [0.05, 0.1) is 22.1 Å². The number of hydrogen-bond acceptors (Lipinski definition) is 3. The van der Waals surface area contributed by atoms with E-state index in [4.69, 9.17) is 23.2 Å². The van der Waals surface area contributed by atoms with Crippen LogP contribution in [0.15, 0.2) is 6.07 Å². The molecule has 3 saturated carbocycles. The number of amides is 2. The van der Waals surface area contributed by atoms with Crippen molar-refractivity contribution in [3.8, 4) is 5.75 Å². The molecule has 0 radical (unpaired) electrons. The van der Waals surface area contributed by atoms with Crippen LogP contribution in [-0.4, -0.2) is 35.1 Å². The number of fused-ring (bicyclic) bond motifs is 2. The zero-order chi connectivity index (χ0) is 24.6. The lowest BCUT2D eigenvalue weighted by atomic mass is 9.74. The number of hydrogen-bond donors (Lipinski definition) is 3. The second kappa shape index (κ2) is 9.49. The molecule has 4 rings (SSSR count). The van der Waals surface area contributed by atoms with Crippen molar-refractivity contribution in [1.29, 1.82) is 0 Å². The maximum atomic E-state index is 14.5. The Morgan fingerprint density at radius 1 is 1.21 bits per heavy atom. The highest BCUT2D eigenvalue weighted by molar-refractivity contribution is 6.42. The van der Waals surface area contributed by atoms with Crippen LogP contribution in [0.3, 0.4) is 0 Å². The van der Waals surface area contributed by atoms with E-state index in [1.165, 1.54) is 6.92 Å². The first-order valence-electron chi connectivity index (χ1n) is 10.7. The smallest absolute Gasteiger partial charge is 0.267 e. The zero-order valence-corrected chi connectivity index (χ0v) is 19.5. The van der Waals surface area contributed by atoms with E-state index in [1.54, 1.807) is 0 Å². The first kappa shape index (κ1) is 25.9. The summed E-state index contributed by atoms with van der Waals surface area (Å²) in [6, 6.07) is -0.733. The SMILES string of the molecule is CC(=O)NC1CCCC1(F)F.O=CNC(c1c(F)c(O)cc(Cl)c1Cl)C12CCC(F)(CC1)C2. The van der Waals surface area contributed by atoms with Crippen molar-refractivity contribution in [2.75, 3.05) is 0 Å². The van der Waals surface area contributed by atoms with Crippen LogP contribution in [0.4, 0.5) is 17.6 Å². The minimum Gasteiger partial charge on any atom is -0.505 e. The van der Waals surface area contributed by atoms with Gasteiger partial charge in [-0.05, 0) is 50.4 Å². The Kier molecular flexibility index (Phi) is 7.44. The van der Waals surface area contributed by atoms with Gasteiger partial charge in [-0.15, -0.1) is 0 Å². The highest BCUT2D eigenvalue weighted by atomic mass is 35.5. The van der Waals surface area contributed by atoms with Gasteiger partial charge in [-0.1, -0.05) is 23.2 Å². The number of alkyl halides is 3. The van der Waals surface area contributed by atoms with E-state index in [2.05, 4.69) is 10.6 Å². The fraction of sp³-hybridized carbons (Fsp3) is 0.636. The number of carbonyl (C=O) groups excluding carboxylic acids is 2. The third-order valence-corrected chi connectivity index (χ3v) is 7.81. The summed E-state index contributed by atoms with van der Waals surface area (Å²) in [5.41, 5.74) is -1.92. The number of benzene rings is 1. The van der Waals surface area contributed by atoms with Crippen LogP contribution in [0.2, 0.25) is 10.0 Å². The molecule has 2 bridgehead atoms. The van der Waals surface area contributed by atoms with Gasteiger partial charge in [0.15, 0.2) is 11.6 Å². The number of phenols is 1. The fourth-order valence-corrected chi connectivity index (χ4v) is 5.87. The standard InChI is InChI=1S/C15H15Cl2F2NO2.C7H11F2NO/c16-8-5-9(22)12(18)10(11(8)17)13(20-7-21)14-1-3-15(19,6-14)4-2-14;1-5(11)10-6-3-2-4-7(6,8)9/h5,7,13,22H,1-4,6H2,(H,20,21);6H,2-4H2,1H3,(H,10,11). The van der Waals surface area contributed by atoms with Gasteiger partial charge in [0, 0.05) is 25.0 Å². The van der Waals surface area contributed by atoms with Crippen LogP contribution in [0.1, 0.15) is 69.9 Å². The molecule has 2 atom stereocenters. The van der Waals surface area contributed by atoms with E-state index in [0.29, 0.717) is 44.9 Å². The molecule has 3 fully saturated rings. The number of carbonyl (C=O) groups is 2. The largest absolute Gasteiger partial charge is 0.505 e. The summed E-state index contributed by atoms with van der Waals surface area (Å²) in [6.07, 6.45) is 3.31. The van der Waals surface area contributed by atoms with Gasteiger partial charge in [-0.2, -0.15) is 0 Å². The topological polar surface area (TPSA) is 78.4 Å². The molecule has 11 heteroatoms. The Morgan fingerprint density at radius 3 is 2.30 bits per heavy atom. The summed E-state index contributed by atoms with van der Waals surface area (Å²) < 4.78 is 54.4. The summed E-state index contributed by atoms with van der Waals surface area (Å²) in [6.45, 7) is 1.26. The molecule has 0 spiro atoms. The first-order chi connectivity index (χ1) is 15.3. The Hall–Kier alpha value is -1.74. The van der Waals surface area contributed by atoms with Crippen molar-refractivity contribution < 1.29 is 32.3 Å². The van der Waals surface area contributed by atoms with Crippen LogP contribution >= 0.6 is 23.2 Å². The van der Waals surface area contributed by atoms with Gasteiger partial charge in [0.2, 0.25) is 12.3 Å². The second-order valence-corrected chi connectivity index (χ2v) is 10.0. The predicted octanol–water partition coefficient (Wildman–Crippen LogP) is 5.61. The minimum atomic E-state index is -2.69.